The van der Waals surface area contributed by atoms with Gasteiger partial charge in [-0.1, -0.05) is 86.6 Å². The van der Waals surface area contributed by atoms with Gasteiger partial charge in [0.2, 0.25) is 11.8 Å². The van der Waals surface area contributed by atoms with E-state index >= 15 is 0 Å². The Morgan fingerprint density at radius 1 is 0.949 bits per heavy atom. The summed E-state index contributed by atoms with van der Waals surface area (Å²) in [7, 11) is 1.72. The van der Waals surface area contributed by atoms with E-state index in [0.29, 0.717) is 18.7 Å². The Labute approximate surface area is 229 Å². The number of rotatable bonds is 7. The highest BCUT2D eigenvalue weighted by Crippen LogP contribution is 2.30. The molecule has 3 aromatic carbocycles. The number of carbonyl (C=O) groups is 3. The molecule has 2 heterocycles. The van der Waals surface area contributed by atoms with Crippen LogP contribution in [-0.2, 0) is 22.7 Å². The predicted molar refractivity (Wildman–Crippen MR) is 149 cm³/mol. The van der Waals surface area contributed by atoms with Gasteiger partial charge in [-0.2, -0.15) is 0 Å². The number of nitrogens with zero attached hydrogens (tertiary/aromatic N) is 3. The first-order valence-corrected chi connectivity index (χ1v) is 13.5. The molecule has 3 atom stereocenters. The largest absolute Gasteiger partial charge is 0.391 e. The number of aliphatic hydroxyl groups excluding tert-OH is 1. The molecule has 5 rings (SSSR count). The summed E-state index contributed by atoms with van der Waals surface area (Å²) < 4.78 is 0. The molecule has 7 heteroatoms. The number of amides is 3. The average molecular weight is 526 g/mol. The van der Waals surface area contributed by atoms with E-state index in [4.69, 9.17) is 0 Å². The molecule has 0 radical (unpaired) electrons. The number of likely N-dealkylation sites (tertiary alicyclic amines) is 1. The zero-order valence-corrected chi connectivity index (χ0v) is 22.7. The number of fused-ring (bicyclic) bond motifs is 1. The fraction of sp³-hybridized carbons (Fsp3) is 0.344. The van der Waals surface area contributed by atoms with Gasteiger partial charge in [0.15, 0.2) is 0 Å². The van der Waals surface area contributed by atoms with Crippen molar-refractivity contribution in [2.75, 3.05) is 13.6 Å². The molecule has 7 nitrogen and oxygen atoms in total. The summed E-state index contributed by atoms with van der Waals surface area (Å²) in [6, 6.07) is 24.1. The van der Waals surface area contributed by atoms with Crippen LogP contribution in [0.5, 0.6) is 0 Å². The molecule has 0 aromatic heterocycles. The van der Waals surface area contributed by atoms with Crippen molar-refractivity contribution in [3.63, 3.8) is 0 Å². The molecule has 39 heavy (non-hydrogen) atoms. The molecule has 0 saturated carbocycles. The Morgan fingerprint density at radius 2 is 1.59 bits per heavy atom. The Morgan fingerprint density at radius 3 is 2.26 bits per heavy atom. The highest BCUT2D eigenvalue weighted by Gasteiger charge is 2.46. The van der Waals surface area contributed by atoms with E-state index < -0.39 is 18.2 Å². The molecule has 0 aliphatic carbocycles. The minimum absolute atomic E-state index is 0.0764. The van der Waals surface area contributed by atoms with Crippen LogP contribution in [-0.4, -0.2) is 69.3 Å². The summed E-state index contributed by atoms with van der Waals surface area (Å²) in [4.78, 5) is 45.4. The van der Waals surface area contributed by atoms with Crippen LogP contribution in [0.15, 0.2) is 78.9 Å². The van der Waals surface area contributed by atoms with Crippen molar-refractivity contribution >= 4 is 17.7 Å². The molecule has 1 N–H and O–H groups in total. The zero-order chi connectivity index (χ0) is 27.7. The second-order valence-corrected chi connectivity index (χ2v) is 10.9. The van der Waals surface area contributed by atoms with Crippen molar-refractivity contribution < 1.29 is 19.5 Å². The topological polar surface area (TPSA) is 81.2 Å². The van der Waals surface area contributed by atoms with Gasteiger partial charge in [0.25, 0.3) is 5.91 Å². The number of benzene rings is 3. The van der Waals surface area contributed by atoms with Gasteiger partial charge in [-0.15, -0.1) is 0 Å². The van der Waals surface area contributed by atoms with Crippen LogP contribution in [0.3, 0.4) is 0 Å². The quantitative estimate of drug-likeness (QED) is 0.507. The first-order chi connectivity index (χ1) is 18.7. The molecule has 3 aromatic rings. The maximum absolute atomic E-state index is 13.9. The third-order valence-electron chi connectivity index (χ3n) is 7.77. The number of carbonyl (C=O) groups excluding carboxylic acids is 3. The standard InChI is InChI=1S/C32H35N3O4/c1-21(2)29(35-19-25-11-7-8-12-27(25)30(35)37)32(39)34-20-26(36)17-28(34)31(38)33(3)18-22-13-15-24(16-14-22)23-9-5-4-6-10-23/h4-16,21,26,28-29,36H,17-20H2,1-3H3/t26-,28+,29?/m1/s1. The number of β-amino-alcohol motifs (C(OH)–C–C–N with tert-alkyl or cyclic N) is 1. The summed E-state index contributed by atoms with van der Waals surface area (Å²) in [6.07, 6.45) is -0.610. The summed E-state index contributed by atoms with van der Waals surface area (Å²) in [5.74, 6) is -0.839. The van der Waals surface area contributed by atoms with Gasteiger partial charge in [0, 0.05) is 38.7 Å². The average Bonchev–Trinajstić information content (AvgIpc) is 3.49. The third kappa shape index (κ3) is 5.32. The van der Waals surface area contributed by atoms with Crippen molar-refractivity contribution in [1.82, 2.24) is 14.7 Å². The van der Waals surface area contributed by atoms with Crippen molar-refractivity contribution in [3.05, 3.63) is 95.6 Å². The molecule has 1 unspecified atom stereocenters. The monoisotopic (exact) mass is 525 g/mol. The highest BCUT2D eigenvalue weighted by atomic mass is 16.3. The third-order valence-corrected chi connectivity index (χ3v) is 7.77. The number of aliphatic hydroxyl groups is 1. The number of hydrogen-bond acceptors (Lipinski definition) is 4. The van der Waals surface area contributed by atoms with Crippen molar-refractivity contribution in [1.29, 1.82) is 0 Å². The number of likely N-dealkylation sites (N-methyl/N-ethyl adjacent to an activating group) is 1. The molecule has 0 spiro atoms. The molecule has 3 amide bonds. The first kappa shape index (κ1) is 26.6. The minimum Gasteiger partial charge on any atom is -0.391 e. The van der Waals surface area contributed by atoms with Gasteiger partial charge in [0.05, 0.1) is 6.10 Å². The van der Waals surface area contributed by atoms with Crippen molar-refractivity contribution in [3.8, 4) is 11.1 Å². The van der Waals surface area contributed by atoms with Gasteiger partial charge in [-0.25, -0.2) is 0 Å². The van der Waals surface area contributed by atoms with E-state index in [9.17, 15) is 19.5 Å². The van der Waals surface area contributed by atoms with E-state index in [2.05, 4.69) is 12.1 Å². The Balaban J connectivity index is 1.30. The minimum atomic E-state index is -0.791. The normalized spacial score (nSPS) is 19.4. The van der Waals surface area contributed by atoms with Gasteiger partial charge in [0.1, 0.15) is 12.1 Å². The smallest absolute Gasteiger partial charge is 0.255 e. The number of hydrogen-bond donors (Lipinski definition) is 1. The molecule has 2 aliphatic heterocycles. The summed E-state index contributed by atoms with van der Waals surface area (Å²) in [5.41, 5.74) is 4.71. The Kier molecular flexibility index (Phi) is 7.53. The summed E-state index contributed by atoms with van der Waals surface area (Å²) in [5, 5.41) is 10.5. The fourth-order valence-corrected chi connectivity index (χ4v) is 5.78. The SMILES string of the molecule is CC(C)C(C(=O)N1C[C@H](O)C[C@H]1C(=O)N(C)Cc1ccc(-c2ccccc2)cc1)N1Cc2ccccc2C1=O. The van der Waals surface area contributed by atoms with E-state index in [1.54, 1.807) is 22.9 Å². The lowest BCUT2D eigenvalue weighted by Crippen LogP contribution is -2.55. The van der Waals surface area contributed by atoms with Crippen LogP contribution >= 0.6 is 0 Å². The van der Waals surface area contributed by atoms with Gasteiger partial charge >= 0.3 is 0 Å². The van der Waals surface area contributed by atoms with E-state index in [1.807, 2.05) is 74.5 Å². The van der Waals surface area contributed by atoms with Crippen LogP contribution in [0.2, 0.25) is 0 Å². The van der Waals surface area contributed by atoms with Crippen LogP contribution in [0, 0.1) is 5.92 Å². The van der Waals surface area contributed by atoms with Crippen molar-refractivity contribution in [2.45, 2.75) is 51.5 Å². The molecule has 202 valence electrons. The van der Waals surface area contributed by atoms with E-state index in [1.165, 1.54) is 4.90 Å². The molecular formula is C32H35N3O4. The van der Waals surface area contributed by atoms with Crippen LogP contribution in [0.25, 0.3) is 11.1 Å². The second-order valence-electron chi connectivity index (χ2n) is 10.9. The molecule has 1 saturated heterocycles. The van der Waals surface area contributed by atoms with E-state index in [-0.39, 0.29) is 36.6 Å². The van der Waals surface area contributed by atoms with Crippen LogP contribution < -0.4 is 0 Å². The zero-order valence-electron chi connectivity index (χ0n) is 22.7. The molecule has 2 aliphatic rings. The maximum atomic E-state index is 13.9. The predicted octanol–water partition coefficient (Wildman–Crippen LogP) is 3.95. The van der Waals surface area contributed by atoms with E-state index in [0.717, 1.165) is 22.3 Å². The lowest BCUT2D eigenvalue weighted by Gasteiger charge is -2.36. The first-order valence-electron chi connectivity index (χ1n) is 13.5. The van der Waals surface area contributed by atoms with Crippen LogP contribution in [0.1, 0.15) is 41.8 Å². The summed E-state index contributed by atoms with van der Waals surface area (Å²) in [6.45, 7) is 4.64. The maximum Gasteiger partial charge on any atom is 0.255 e. The Bertz CT molecular complexity index is 1360. The Hall–Kier alpha value is -3.97. The second kappa shape index (κ2) is 11.0. The van der Waals surface area contributed by atoms with Gasteiger partial charge in [-0.3, -0.25) is 14.4 Å². The highest BCUT2D eigenvalue weighted by molar-refractivity contribution is 6.01. The molecule has 1 fully saturated rings. The van der Waals surface area contributed by atoms with Crippen molar-refractivity contribution in [2.24, 2.45) is 5.92 Å². The van der Waals surface area contributed by atoms with Gasteiger partial charge < -0.3 is 19.8 Å². The molecule has 0 bridgehead atoms. The summed E-state index contributed by atoms with van der Waals surface area (Å²) >= 11 is 0. The van der Waals surface area contributed by atoms with Crippen LogP contribution in [0.4, 0.5) is 0 Å². The fourth-order valence-electron chi connectivity index (χ4n) is 5.78. The lowest BCUT2D eigenvalue weighted by molar-refractivity contribution is -0.147. The lowest BCUT2D eigenvalue weighted by atomic mass is 10.00. The van der Waals surface area contributed by atoms with Gasteiger partial charge in [-0.05, 0) is 34.2 Å². The molecular weight excluding hydrogens is 490 g/mol.